The Hall–Kier alpha value is -1.31. The van der Waals surface area contributed by atoms with Crippen molar-refractivity contribution in [1.82, 2.24) is 4.98 Å². The van der Waals surface area contributed by atoms with E-state index in [1.165, 1.54) is 0 Å². The molecule has 1 aromatic rings. The molecule has 0 atom stereocenters. The fourth-order valence-corrected chi connectivity index (χ4v) is 0.733. The van der Waals surface area contributed by atoms with Gasteiger partial charge in [0.15, 0.2) is 0 Å². The quantitative estimate of drug-likeness (QED) is 0.668. The number of hydrogen-bond donors (Lipinski definition) is 1. The fourth-order valence-electron chi connectivity index (χ4n) is 0.733. The first-order valence-electron chi connectivity index (χ1n) is 3.13. The number of pyridine rings is 1. The van der Waals surface area contributed by atoms with Crippen LogP contribution in [0.25, 0.3) is 0 Å². The first-order chi connectivity index (χ1) is 4.84. The van der Waals surface area contributed by atoms with Crippen molar-refractivity contribution < 1.29 is 0 Å². The van der Waals surface area contributed by atoms with Crippen molar-refractivity contribution in [3.8, 4) is 0 Å². The summed E-state index contributed by atoms with van der Waals surface area (Å²) < 4.78 is 0. The van der Waals surface area contributed by atoms with Crippen molar-refractivity contribution in [1.29, 1.82) is 0 Å². The lowest BCUT2D eigenvalue weighted by molar-refractivity contribution is 1.26. The summed E-state index contributed by atoms with van der Waals surface area (Å²) in [5, 5.41) is 2.93. The van der Waals surface area contributed by atoms with E-state index < -0.39 is 0 Å². The number of nitrogens with one attached hydrogen (secondary N) is 1. The molecule has 1 heterocycles. The third-order valence-corrected chi connectivity index (χ3v) is 1.25. The third-order valence-electron chi connectivity index (χ3n) is 1.25. The molecule has 1 aromatic heterocycles. The molecule has 0 spiro atoms. The lowest BCUT2D eigenvalue weighted by atomic mass is 10.3. The minimum atomic E-state index is 0.873. The van der Waals surface area contributed by atoms with Gasteiger partial charge in [0.25, 0.3) is 0 Å². The molecule has 0 fully saturated rings. The second-order valence-electron chi connectivity index (χ2n) is 2.02. The molecule has 0 aliphatic carbocycles. The van der Waals surface area contributed by atoms with E-state index in [4.69, 9.17) is 0 Å². The van der Waals surface area contributed by atoms with Crippen LogP contribution in [0.15, 0.2) is 31.1 Å². The summed E-state index contributed by atoms with van der Waals surface area (Å²) in [6.45, 7) is 5.54. The molecular formula is C8H10N2. The van der Waals surface area contributed by atoms with E-state index in [0.717, 1.165) is 11.4 Å². The van der Waals surface area contributed by atoms with Crippen LogP contribution in [-0.2, 0) is 0 Å². The van der Waals surface area contributed by atoms with E-state index in [2.05, 4.69) is 16.9 Å². The number of anilines is 1. The lowest BCUT2D eigenvalue weighted by Crippen LogP contribution is -1.92. The van der Waals surface area contributed by atoms with Crippen LogP contribution in [0.5, 0.6) is 0 Å². The maximum absolute atomic E-state index is 4.09. The van der Waals surface area contributed by atoms with Gasteiger partial charge in [-0.3, -0.25) is 0 Å². The molecule has 0 aliphatic heterocycles. The van der Waals surface area contributed by atoms with Gasteiger partial charge in [-0.05, 0) is 24.8 Å². The maximum Gasteiger partial charge on any atom is 0.132 e. The Morgan fingerprint density at radius 1 is 1.70 bits per heavy atom. The highest BCUT2D eigenvalue weighted by Gasteiger charge is 1.91. The minimum Gasteiger partial charge on any atom is -0.347 e. The normalized spacial score (nSPS) is 8.90. The number of nitrogens with zero attached hydrogens (tertiary/aromatic N) is 1. The van der Waals surface area contributed by atoms with Crippen LogP contribution >= 0.6 is 0 Å². The monoisotopic (exact) mass is 134 g/mol. The van der Waals surface area contributed by atoms with Gasteiger partial charge in [0.05, 0.1) is 0 Å². The number of rotatable bonds is 2. The number of aryl methyl sites for hydroxylation is 1. The summed E-state index contributed by atoms with van der Waals surface area (Å²) in [5.41, 5.74) is 1.13. The smallest absolute Gasteiger partial charge is 0.132 e. The molecule has 10 heavy (non-hydrogen) atoms. The molecule has 0 amide bonds. The first-order valence-corrected chi connectivity index (χ1v) is 3.13. The van der Waals surface area contributed by atoms with E-state index in [-0.39, 0.29) is 0 Å². The standard InChI is InChI=1S/C8H10N2/c1-3-9-8-7(2)5-4-6-10-8/h3-6H,1H2,2H3,(H,9,10). The second kappa shape index (κ2) is 3.01. The van der Waals surface area contributed by atoms with Crippen molar-refractivity contribution in [2.45, 2.75) is 6.92 Å². The molecule has 0 bridgehead atoms. The predicted molar refractivity (Wildman–Crippen MR) is 42.8 cm³/mol. The van der Waals surface area contributed by atoms with Gasteiger partial charge in [-0.2, -0.15) is 0 Å². The molecule has 0 aliphatic rings. The van der Waals surface area contributed by atoms with Crippen LogP contribution in [0.3, 0.4) is 0 Å². The third kappa shape index (κ3) is 1.35. The fraction of sp³-hybridized carbons (Fsp3) is 0.125. The van der Waals surface area contributed by atoms with Gasteiger partial charge in [0, 0.05) is 6.20 Å². The van der Waals surface area contributed by atoms with Gasteiger partial charge in [-0.15, -0.1) is 0 Å². The largest absolute Gasteiger partial charge is 0.347 e. The number of aromatic nitrogens is 1. The Morgan fingerprint density at radius 2 is 2.50 bits per heavy atom. The van der Waals surface area contributed by atoms with E-state index in [1.807, 2.05) is 19.1 Å². The van der Waals surface area contributed by atoms with Crippen molar-refractivity contribution in [2.75, 3.05) is 5.32 Å². The Morgan fingerprint density at radius 3 is 3.10 bits per heavy atom. The number of hydrogen-bond acceptors (Lipinski definition) is 2. The summed E-state index contributed by atoms with van der Waals surface area (Å²) in [6.07, 6.45) is 3.37. The van der Waals surface area contributed by atoms with Gasteiger partial charge < -0.3 is 5.32 Å². The average Bonchev–Trinajstić information content (AvgIpc) is 1.94. The SMILES string of the molecule is C=CNc1ncccc1C. The van der Waals surface area contributed by atoms with Crippen molar-refractivity contribution in [3.63, 3.8) is 0 Å². The highest BCUT2D eigenvalue weighted by Crippen LogP contribution is 2.07. The Kier molecular flexibility index (Phi) is 2.05. The zero-order valence-corrected chi connectivity index (χ0v) is 5.96. The molecule has 0 unspecified atom stereocenters. The molecule has 1 rings (SSSR count). The molecule has 0 radical (unpaired) electrons. The zero-order chi connectivity index (χ0) is 7.40. The predicted octanol–water partition coefficient (Wildman–Crippen LogP) is 1.95. The Balaban J connectivity index is 2.91. The first kappa shape index (κ1) is 6.81. The minimum absolute atomic E-state index is 0.873. The summed E-state index contributed by atoms with van der Waals surface area (Å²) in [5.74, 6) is 0.873. The molecule has 0 aromatic carbocycles. The van der Waals surface area contributed by atoms with Crippen LogP contribution in [0, 0.1) is 6.92 Å². The van der Waals surface area contributed by atoms with E-state index in [1.54, 1.807) is 12.4 Å². The van der Waals surface area contributed by atoms with Gasteiger partial charge in [-0.1, -0.05) is 12.6 Å². The van der Waals surface area contributed by atoms with E-state index in [9.17, 15) is 0 Å². The van der Waals surface area contributed by atoms with Crippen molar-refractivity contribution in [3.05, 3.63) is 36.7 Å². The lowest BCUT2D eigenvalue weighted by Gasteiger charge is -2.00. The Labute approximate surface area is 60.6 Å². The van der Waals surface area contributed by atoms with Crippen LogP contribution in [0.1, 0.15) is 5.56 Å². The van der Waals surface area contributed by atoms with Crippen LogP contribution in [0.2, 0.25) is 0 Å². The van der Waals surface area contributed by atoms with Crippen molar-refractivity contribution >= 4 is 5.82 Å². The maximum atomic E-state index is 4.09. The summed E-state index contributed by atoms with van der Waals surface area (Å²) >= 11 is 0. The molecule has 2 nitrogen and oxygen atoms in total. The molecule has 0 saturated carbocycles. The average molecular weight is 134 g/mol. The van der Waals surface area contributed by atoms with Gasteiger partial charge in [-0.25, -0.2) is 4.98 Å². The zero-order valence-electron chi connectivity index (χ0n) is 5.96. The van der Waals surface area contributed by atoms with E-state index in [0.29, 0.717) is 0 Å². The van der Waals surface area contributed by atoms with Crippen molar-refractivity contribution in [2.24, 2.45) is 0 Å². The molecule has 1 N–H and O–H groups in total. The Bertz CT molecular complexity index is 230. The molecular weight excluding hydrogens is 124 g/mol. The molecule has 52 valence electrons. The molecule has 2 heteroatoms. The van der Waals surface area contributed by atoms with Gasteiger partial charge >= 0.3 is 0 Å². The molecule has 0 saturated heterocycles. The van der Waals surface area contributed by atoms with Gasteiger partial charge in [0.2, 0.25) is 0 Å². The summed E-state index contributed by atoms with van der Waals surface area (Å²) in [6, 6.07) is 3.91. The van der Waals surface area contributed by atoms with Crippen LogP contribution in [0.4, 0.5) is 5.82 Å². The highest BCUT2D eigenvalue weighted by atomic mass is 15.0. The van der Waals surface area contributed by atoms with Gasteiger partial charge in [0.1, 0.15) is 5.82 Å². The van der Waals surface area contributed by atoms with Crippen LogP contribution in [-0.4, -0.2) is 4.98 Å². The summed E-state index contributed by atoms with van der Waals surface area (Å²) in [4.78, 5) is 4.09. The van der Waals surface area contributed by atoms with E-state index >= 15 is 0 Å². The highest BCUT2D eigenvalue weighted by molar-refractivity contribution is 5.44. The topological polar surface area (TPSA) is 24.9 Å². The van der Waals surface area contributed by atoms with Crippen LogP contribution < -0.4 is 5.32 Å². The second-order valence-corrected chi connectivity index (χ2v) is 2.02. The summed E-state index contributed by atoms with van der Waals surface area (Å²) in [7, 11) is 0.